The first-order chi connectivity index (χ1) is 8.01. The molecule has 0 heterocycles. The molecule has 1 atom stereocenters. The van der Waals surface area contributed by atoms with Gasteiger partial charge in [-0.3, -0.25) is 4.79 Å². The second-order valence-electron chi connectivity index (χ2n) is 4.21. The second-order valence-corrected chi connectivity index (χ2v) is 4.21. The van der Waals surface area contributed by atoms with Crippen LogP contribution in [0.15, 0.2) is 0 Å². The highest BCUT2D eigenvalue weighted by atomic mass is 16.7. The summed E-state index contributed by atoms with van der Waals surface area (Å²) in [6.07, 6.45) is -0.209. The van der Waals surface area contributed by atoms with Crippen molar-refractivity contribution in [2.24, 2.45) is 5.92 Å². The summed E-state index contributed by atoms with van der Waals surface area (Å²) in [5, 5.41) is 2.71. The summed E-state index contributed by atoms with van der Waals surface area (Å²) in [4.78, 5) is 22.9. The third kappa shape index (κ3) is 7.60. The maximum absolute atomic E-state index is 11.7. The van der Waals surface area contributed by atoms with Gasteiger partial charge in [0.05, 0.1) is 6.61 Å². The van der Waals surface area contributed by atoms with Crippen LogP contribution in [0.3, 0.4) is 0 Å². The molecule has 0 aliphatic heterocycles. The Morgan fingerprint density at radius 2 is 1.88 bits per heavy atom. The van der Waals surface area contributed by atoms with Gasteiger partial charge in [-0.05, 0) is 25.7 Å². The molecule has 0 aromatic carbocycles. The summed E-state index contributed by atoms with van der Waals surface area (Å²) < 4.78 is 9.65. The van der Waals surface area contributed by atoms with Gasteiger partial charge in [-0.2, -0.15) is 0 Å². The van der Waals surface area contributed by atoms with Crippen LogP contribution >= 0.6 is 0 Å². The van der Waals surface area contributed by atoms with Crippen LogP contribution in [0.25, 0.3) is 0 Å². The van der Waals surface area contributed by atoms with Gasteiger partial charge in [0.2, 0.25) is 0 Å². The van der Waals surface area contributed by atoms with E-state index in [0.29, 0.717) is 13.0 Å². The molecule has 0 spiro atoms. The van der Waals surface area contributed by atoms with E-state index >= 15 is 0 Å². The fourth-order valence-electron chi connectivity index (χ4n) is 1.27. The maximum Gasteiger partial charge on any atom is 0.509 e. The van der Waals surface area contributed by atoms with Crippen LogP contribution in [-0.4, -0.2) is 31.3 Å². The van der Waals surface area contributed by atoms with Crippen LogP contribution in [0.5, 0.6) is 0 Å². The number of ether oxygens (including phenoxy) is 2. The van der Waals surface area contributed by atoms with Crippen molar-refractivity contribution in [3.63, 3.8) is 0 Å². The average molecular weight is 245 g/mol. The third-order valence-electron chi connectivity index (χ3n) is 2.03. The fraction of sp³-hybridized carbons (Fsp3) is 0.833. The molecule has 0 saturated heterocycles. The third-order valence-corrected chi connectivity index (χ3v) is 2.03. The minimum Gasteiger partial charge on any atom is -0.435 e. The summed E-state index contributed by atoms with van der Waals surface area (Å²) in [6.45, 7) is 8.41. The van der Waals surface area contributed by atoms with Crippen molar-refractivity contribution in [3.8, 4) is 0 Å². The van der Waals surface area contributed by atoms with Gasteiger partial charge in [-0.15, -0.1) is 0 Å². The summed E-state index contributed by atoms with van der Waals surface area (Å²) >= 11 is 0. The molecule has 0 radical (unpaired) electrons. The zero-order valence-corrected chi connectivity index (χ0v) is 11.1. The van der Waals surface area contributed by atoms with E-state index < -0.39 is 12.3 Å². The number of amides is 1. The Labute approximate surface area is 103 Å². The quantitative estimate of drug-likeness (QED) is 0.698. The van der Waals surface area contributed by atoms with Gasteiger partial charge in [0.1, 0.15) is 0 Å². The SMILES string of the molecule is CCCNC(=O)C(CC(C)C)OC(=O)OCC. The Morgan fingerprint density at radius 3 is 2.35 bits per heavy atom. The summed E-state index contributed by atoms with van der Waals surface area (Å²) in [6, 6.07) is 0. The molecule has 0 fully saturated rings. The lowest BCUT2D eigenvalue weighted by Gasteiger charge is -2.18. The summed E-state index contributed by atoms with van der Waals surface area (Å²) in [7, 11) is 0. The Hall–Kier alpha value is -1.26. The standard InChI is InChI=1S/C12H23NO4/c1-5-7-13-11(14)10(8-9(3)4)17-12(15)16-6-2/h9-10H,5-8H2,1-4H3,(H,13,14). The van der Waals surface area contributed by atoms with Crippen molar-refractivity contribution < 1.29 is 19.1 Å². The maximum atomic E-state index is 11.7. The number of nitrogens with one attached hydrogen (secondary N) is 1. The molecule has 0 aromatic rings. The number of carbonyl (C=O) groups excluding carboxylic acids is 2. The van der Waals surface area contributed by atoms with Gasteiger partial charge in [0, 0.05) is 6.54 Å². The first-order valence-electron chi connectivity index (χ1n) is 6.12. The van der Waals surface area contributed by atoms with Crippen LogP contribution in [0.1, 0.15) is 40.5 Å². The molecule has 1 unspecified atom stereocenters. The van der Waals surface area contributed by atoms with Crippen molar-refractivity contribution >= 4 is 12.1 Å². The van der Waals surface area contributed by atoms with E-state index in [2.05, 4.69) is 10.1 Å². The van der Waals surface area contributed by atoms with Gasteiger partial charge < -0.3 is 14.8 Å². The van der Waals surface area contributed by atoms with E-state index in [9.17, 15) is 9.59 Å². The van der Waals surface area contributed by atoms with Crippen molar-refractivity contribution in [2.45, 2.75) is 46.6 Å². The molecule has 0 bridgehead atoms. The zero-order chi connectivity index (χ0) is 13.3. The van der Waals surface area contributed by atoms with Crippen molar-refractivity contribution in [1.29, 1.82) is 0 Å². The van der Waals surface area contributed by atoms with E-state index in [1.165, 1.54) is 0 Å². The lowest BCUT2D eigenvalue weighted by atomic mass is 10.1. The van der Waals surface area contributed by atoms with E-state index in [1.54, 1.807) is 6.92 Å². The molecule has 1 N–H and O–H groups in total. The van der Waals surface area contributed by atoms with Gasteiger partial charge in [-0.25, -0.2) is 4.79 Å². The lowest BCUT2D eigenvalue weighted by Crippen LogP contribution is -2.39. The predicted octanol–water partition coefficient (Wildman–Crippen LogP) is 2.10. The van der Waals surface area contributed by atoms with Crippen LogP contribution in [0, 0.1) is 5.92 Å². The highest BCUT2D eigenvalue weighted by Gasteiger charge is 2.24. The van der Waals surface area contributed by atoms with Crippen LogP contribution < -0.4 is 5.32 Å². The van der Waals surface area contributed by atoms with E-state index in [0.717, 1.165) is 6.42 Å². The molecule has 0 saturated carbocycles. The number of hydrogen-bond donors (Lipinski definition) is 1. The first kappa shape index (κ1) is 15.7. The van der Waals surface area contributed by atoms with E-state index in [4.69, 9.17) is 4.74 Å². The first-order valence-corrected chi connectivity index (χ1v) is 6.12. The lowest BCUT2D eigenvalue weighted by molar-refractivity contribution is -0.131. The van der Waals surface area contributed by atoms with Crippen molar-refractivity contribution in [2.75, 3.05) is 13.2 Å². The molecule has 5 heteroatoms. The number of carbonyl (C=O) groups is 2. The Balaban J connectivity index is 4.31. The molecule has 1 amide bonds. The van der Waals surface area contributed by atoms with E-state index in [-0.39, 0.29) is 18.4 Å². The molecule has 100 valence electrons. The van der Waals surface area contributed by atoms with Crippen LogP contribution in [-0.2, 0) is 14.3 Å². The Kier molecular flexibility index (Phi) is 8.19. The summed E-state index contributed by atoms with van der Waals surface area (Å²) in [5.41, 5.74) is 0. The largest absolute Gasteiger partial charge is 0.509 e. The molecular formula is C12H23NO4. The minimum absolute atomic E-state index is 0.240. The Bertz CT molecular complexity index is 241. The summed E-state index contributed by atoms with van der Waals surface area (Å²) in [5.74, 6) is 0.00964. The molecule has 0 rings (SSSR count). The normalized spacial score (nSPS) is 12.1. The van der Waals surface area contributed by atoms with Crippen LogP contribution in [0.4, 0.5) is 4.79 Å². The zero-order valence-electron chi connectivity index (χ0n) is 11.1. The minimum atomic E-state index is -0.787. The predicted molar refractivity (Wildman–Crippen MR) is 64.7 cm³/mol. The fourth-order valence-corrected chi connectivity index (χ4v) is 1.27. The van der Waals surface area contributed by atoms with Crippen LogP contribution in [0.2, 0.25) is 0 Å². The topological polar surface area (TPSA) is 64.6 Å². The van der Waals surface area contributed by atoms with Crippen molar-refractivity contribution in [1.82, 2.24) is 5.32 Å². The number of hydrogen-bond acceptors (Lipinski definition) is 4. The molecule has 0 aromatic heterocycles. The number of rotatable bonds is 7. The Morgan fingerprint density at radius 1 is 1.24 bits per heavy atom. The second kappa shape index (κ2) is 8.84. The molecular weight excluding hydrogens is 222 g/mol. The molecule has 17 heavy (non-hydrogen) atoms. The monoisotopic (exact) mass is 245 g/mol. The van der Waals surface area contributed by atoms with Gasteiger partial charge >= 0.3 is 6.16 Å². The van der Waals surface area contributed by atoms with E-state index in [1.807, 2.05) is 20.8 Å². The smallest absolute Gasteiger partial charge is 0.435 e. The van der Waals surface area contributed by atoms with Gasteiger partial charge in [-0.1, -0.05) is 20.8 Å². The van der Waals surface area contributed by atoms with Gasteiger partial charge in [0.15, 0.2) is 6.10 Å². The highest BCUT2D eigenvalue weighted by Crippen LogP contribution is 2.09. The molecule has 0 aliphatic rings. The average Bonchev–Trinajstić information content (AvgIpc) is 2.24. The molecule has 5 nitrogen and oxygen atoms in total. The molecule has 0 aliphatic carbocycles. The van der Waals surface area contributed by atoms with Crippen molar-refractivity contribution in [3.05, 3.63) is 0 Å². The van der Waals surface area contributed by atoms with Gasteiger partial charge in [0.25, 0.3) is 5.91 Å². The highest BCUT2D eigenvalue weighted by molar-refractivity contribution is 5.82.